The summed E-state index contributed by atoms with van der Waals surface area (Å²) in [5.74, 6) is -1.78. The van der Waals surface area contributed by atoms with Crippen LogP contribution in [0, 0.1) is 0 Å². The molecule has 1 aromatic rings. The van der Waals surface area contributed by atoms with E-state index in [9.17, 15) is 14.4 Å². The van der Waals surface area contributed by atoms with Crippen LogP contribution in [0.5, 0.6) is 0 Å². The van der Waals surface area contributed by atoms with Gasteiger partial charge in [0.15, 0.2) is 0 Å². The van der Waals surface area contributed by atoms with E-state index in [2.05, 4.69) is 14.7 Å². The predicted molar refractivity (Wildman–Crippen MR) is 107 cm³/mol. The van der Waals surface area contributed by atoms with Crippen LogP contribution in [-0.4, -0.2) is 111 Å². The van der Waals surface area contributed by atoms with E-state index in [-0.39, 0.29) is 36.5 Å². The van der Waals surface area contributed by atoms with Crippen molar-refractivity contribution in [2.75, 3.05) is 78.7 Å². The molecule has 3 heterocycles. The van der Waals surface area contributed by atoms with Crippen LogP contribution in [-0.2, 0) is 14.2 Å². The van der Waals surface area contributed by atoms with Crippen LogP contribution in [0.2, 0.25) is 0 Å². The highest BCUT2D eigenvalue weighted by Gasteiger charge is 2.25. The van der Waals surface area contributed by atoms with Crippen molar-refractivity contribution >= 4 is 17.9 Å². The molecular weight excluding hydrogens is 390 g/mol. The topological polar surface area (TPSA) is 87.9 Å². The molecule has 9 nitrogen and oxygen atoms in total. The first-order valence-electron chi connectivity index (χ1n) is 10.4. The minimum atomic E-state index is -0.645. The zero-order chi connectivity index (χ0) is 20.9. The van der Waals surface area contributed by atoms with Gasteiger partial charge in [-0.05, 0) is 18.2 Å². The van der Waals surface area contributed by atoms with Gasteiger partial charge in [-0.1, -0.05) is 0 Å². The molecule has 30 heavy (non-hydrogen) atoms. The number of hydrogen-bond acceptors (Lipinski definition) is 9. The maximum absolute atomic E-state index is 12.6. The Hall–Kier alpha value is -2.49. The van der Waals surface area contributed by atoms with Gasteiger partial charge in [-0.15, -0.1) is 0 Å². The predicted octanol–water partition coefficient (Wildman–Crippen LogP) is 0.104. The molecule has 0 radical (unpaired) electrons. The third-order valence-corrected chi connectivity index (χ3v) is 5.24. The lowest BCUT2D eigenvalue weighted by Crippen LogP contribution is -2.20. The van der Waals surface area contributed by atoms with Gasteiger partial charge in [0.1, 0.15) is 19.8 Å². The number of hydrogen-bond donors (Lipinski definition) is 0. The fourth-order valence-corrected chi connectivity index (χ4v) is 2.94. The van der Waals surface area contributed by atoms with Crippen LogP contribution >= 0.6 is 0 Å². The van der Waals surface area contributed by atoms with Crippen LogP contribution < -0.4 is 0 Å². The summed E-state index contributed by atoms with van der Waals surface area (Å²) in [5, 5.41) is 0. The molecule has 0 aromatic heterocycles. The first-order chi connectivity index (χ1) is 14.6. The quantitative estimate of drug-likeness (QED) is 0.267. The Bertz CT molecular complexity index is 802. The van der Waals surface area contributed by atoms with Crippen molar-refractivity contribution in [3.8, 4) is 0 Å². The number of benzene rings is 1. The summed E-state index contributed by atoms with van der Waals surface area (Å²) in [6.45, 7) is 8.88. The molecule has 3 aliphatic heterocycles. The summed E-state index contributed by atoms with van der Waals surface area (Å²) in [7, 11) is 0. The second-order valence-electron chi connectivity index (χ2n) is 7.69. The molecule has 0 saturated carbocycles. The smallest absolute Gasteiger partial charge is 0.339 e. The van der Waals surface area contributed by atoms with Gasteiger partial charge in [0.05, 0.1) is 16.7 Å². The molecule has 0 atom stereocenters. The second kappa shape index (κ2) is 9.55. The van der Waals surface area contributed by atoms with Gasteiger partial charge in [0, 0.05) is 58.9 Å². The molecule has 0 bridgehead atoms. The molecule has 0 N–H and O–H groups in total. The van der Waals surface area contributed by atoms with E-state index in [1.807, 2.05) is 0 Å². The van der Waals surface area contributed by atoms with Crippen molar-refractivity contribution in [1.29, 1.82) is 0 Å². The van der Waals surface area contributed by atoms with E-state index in [0.717, 1.165) is 39.3 Å². The molecule has 3 saturated heterocycles. The van der Waals surface area contributed by atoms with Crippen LogP contribution in [0.25, 0.3) is 0 Å². The van der Waals surface area contributed by atoms with Gasteiger partial charge in [-0.25, -0.2) is 14.4 Å². The van der Waals surface area contributed by atoms with Crippen molar-refractivity contribution in [2.45, 2.75) is 0 Å². The maximum atomic E-state index is 12.6. The molecule has 9 heteroatoms. The summed E-state index contributed by atoms with van der Waals surface area (Å²) in [5.41, 5.74) is 0.329. The number of carbonyl (C=O) groups is 3. The van der Waals surface area contributed by atoms with E-state index in [4.69, 9.17) is 14.2 Å². The minimum Gasteiger partial charge on any atom is -0.461 e. The van der Waals surface area contributed by atoms with Crippen molar-refractivity contribution < 1.29 is 28.6 Å². The Morgan fingerprint density at radius 1 is 0.633 bits per heavy atom. The van der Waals surface area contributed by atoms with E-state index in [1.165, 1.54) is 18.2 Å². The van der Waals surface area contributed by atoms with Gasteiger partial charge < -0.3 is 14.2 Å². The number of nitrogens with zero attached hydrogens (tertiary/aromatic N) is 3. The number of esters is 3. The number of rotatable bonds is 12. The Labute approximate surface area is 175 Å². The Morgan fingerprint density at radius 2 is 1.07 bits per heavy atom. The summed E-state index contributed by atoms with van der Waals surface area (Å²) >= 11 is 0. The standard InChI is InChI=1S/C21H27N3O6/c25-19(28-12-9-22-3-4-22)16-1-2-17(20(26)29-13-10-23-5-6-23)18(15-16)21(27)30-14-11-24-7-8-24/h1-2,15H,3-14H2. The van der Waals surface area contributed by atoms with Crippen molar-refractivity contribution in [3.05, 3.63) is 34.9 Å². The molecule has 1 aromatic carbocycles. The summed E-state index contributed by atoms with van der Waals surface area (Å²) in [4.78, 5) is 43.9. The summed E-state index contributed by atoms with van der Waals surface area (Å²) in [6.07, 6.45) is 0. The average molecular weight is 417 g/mol. The molecule has 0 unspecified atom stereocenters. The highest BCUT2D eigenvalue weighted by atomic mass is 16.5. The van der Waals surface area contributed by atoms with Crippen LogP contribution in [0.3, 0.4) is 0 Å². The third-order valence-electron chi connectivity index (χ3n) is 5.24. The van der Waals surface area contributed by atoms with Crippen LogP contribution in [0.4, 0.5) is 0 Å². The fraction of sp³-hybridized carbons (Fsp3) is 0.571. The Kier molecular flexibility index (Phi) is 6.61. The van der Waals surface area contributed by atoms with E-state index >= 15 is 0 Å². The van der Waals surface area contributed by atoms with Gasteiger partial charge in [-0.2, -0.15) is 0 Å². The zero-order valence-corrected chi connectivity index (χ0v) is 17.0. The normalized spacial score (nSPS) is 18.0. The first kappa shape index (κ1) is 20.8. The van der Waals surface area contributed by atoms with Gasteiger partial charge in [0.2, 0.25) is 0 Å². The van der Waals surface area contributed by atoms with Gasteiger partial charge in [0.25, 0.3) is 0 Å². The van der Waals surface area contributed by atoms with E-state index in [1.54, 1.807) is 0 Å². The van der Waals surface area contributed by atoms with Crippen LogP contribution in [0.1, 0.15) is 31.1 Å². The van der Waals surface area contributed by atoms with Crippen molar-refractivity contribution in [1.82, 2.24) is 14.7 Å². The monoisotopic (exact) mass is 417 g/mol. The third kappa shape index (κ3) is 6.25. The molecule has 3 fully saturated rings. The van der Waals surface area contributed by atoms with E-state index in [0.29, 0.717) is 19.6 Å². The molecule has 0 amide bonds. The largest absolute Gasteiger partial charge is 0.461 e. The lowest BCUT2D eigenvalue weighted by Gasteiger charge is -2.12. The molecular formula is C21H27N3O6. The summed E-state index contributed by atoms with van der Waals surface area (Å²) in [6, 6.07) is 4.27. The van der Waals surface area contributed by atoms with Gasteiger partial charge >= 0.3 is 17.9 Å². The first-order valence-corrected chi connectivity index (χ1v) is 10.4. The number of ether oxygens (including phenoxy) is 3. The average Bonchev–Trinajstić information content (AvgIpc) is 3.59. The fourth-order valence-electron chi connectivity index (χ4n) is 2.94. The Morgan fingerprint density at radius 3 is 1.53 bits per heavy atom. The van der Waals surface area contributed by atoms with E-state index < -0.39 is 17.9 Å². The summed E-state index contributed by atoms with van der Waals surface area (Å²) < 4.78 is 15.9. The van der Waals surface area contributed by atoms with Crippen molar-refractivity contribution in [3.63, 3.8) is 0 Å². The second-order valence-corrected chi connectivity index (χ2v) is 7.69. The highest BCUT2D eigenvalue weighted by molar-refractivity contribution is 6.05. The highest BCUT2D eigenvalue weighted by Crippen LogP contribution is 2.17. The minimum absolute atomic E-state index is 0.0258. The SMILES string of the molecule is O=C(OCCN1CC1)c1ccc(C(=O)OCCN2CC2)c(C(=O)OCCN2CC2)c1. The number of carbonyl (C=O) groups excluding carboxylic acids is 3. The lowest BCUT2D eigenvalue weighted by atomic mass is 10.0. The van der Waals surface area contributed by atoms with Crippen LogP contribution in [0.15, 0.2) is 18.2 Å². The molecule has 3 aliphatic rings. The molecule has 0 spiro atoms. The van der Waals surface area contributed by atoms with Crippen molar-refractivity contribution in [2.24, 2.45) is 0 Å². The molecule has 162 valence electrons. The Balaban J connectivity index is 1.40. The molecule has 0 aliphatic carbocycles. The lowest BCUT2D eigenvalue weighted by molar-refractivity contribution is 0.0445. The molecule has 4 rings (SSSR count). The van der Waals surface area contributed by atoms with Gasteiger partial charge in [-0.3, -0.25) is 14.7 Å². The zero-order valence-electron chi connectivity index (χ0n) is 17.0. The maximum Gasteiger partial charge on any atom is 0.339 e.